The summed E-state index contributed by atoms with van der Waals surface area (Å²) in [4.78, 5) is 19.8. The van der Waals surface area contributed by atoms with Crippen molar-refractivity contribution in [3.8, 4) is 21.8 Å². The topological polar surface area (TPSA) is 114 Å². The largest absolute Gasteiger partial charge is 0.390 e. The molecule has 4 aromatic heterocycles. The van der Waals surface area contributed by atoms with Crippen LogP contribution in [0.25, 0.3) is 42.9 Å². The van der Waals surface area contributed by atoms with Gasteiger partial charge in [-0.1, -0.05) is 19.3 Å². The maximum absolute atomic E-state index is 13.3. The Labute approximate surface area is 219 Å². The van der Waals surface area contributed by atoms with Crippen molar-refractivity contribution < 1.29 is 9.90 Å². The number of H-pyrrole nitrogens is 3. The van der Waals surface area contributed by atoms with Gasteiger partial charge in [0.05, 0.1) is 27.7 Å². The van der Waals surface area contributed by atoms with Gasteiger partial charge in [0.1, 0.15) is 5.69 Å². The van der Waals surface area contributed by atoms with E-state index in [-0.39, 0.29) is 11.8 Å². The fourth-order valence-corrected chi connectivity index (χ4v) is 6.60. The van der Waals surface area contributed by atoms with E-state index in [1.807, 2.05) is 39.4 Å². The maximum atomic E-state index is 13.3. The summed E-state index contributed by atoms with van der Waals surface area (Å²) >= 11 is 1.67. The van der Waals surface area contributed by atoms with E-state index in [4.69, 9.17) is 0 Å². The summed E-state index contributed by atoms with van der Waals surface area (Å²) in [6.45, 7) is 3.63. The fourth-order valence-electron chi connectivity index (χ4n) is 5.51. The number of anilines is 1. The summed E-state index contributed by atoms with van der Waals surface area (Å²) in [6, 6.07) is 8.30. The Morgan fingerprint density at radius 3 is 2.70 bits per heavy atom. The van der Waals surface area contributed by atoms with Crippen LogP contribution in [0.1, 0.15) is 51.5 Å². The number of rotatable bonds is 6. The highest BCUT2D eigenvalue weighted by Gasteiger charge is 2.26. The van der Waals surface area contributed by atoms with Crippen LogP contribution < -0.4 is 4.90 Å². The number of hydrogen-bond acceptors (Lipinski definition) is 5. The van der Waals surface area contributed by atoms with Crippen LogP contribution in [0.15, 0.2) is 36.7 Å². The van der Waals surface area contributed by atoms with Crippen LogP contribution in [0.2, 0.25) is 0 Å². The smallest absolute Gasteiger partial charge is 0.229 e. The summed E-state index contributed by atoms with van der Waals surface area (Å²) < 4.78 is 1.07. The van der Waals surface area contributed by atoms with Gasteiger partial charge in [-0.3, -0.25) is 15.0 Å². The zero-order valence-corrected chi connectivity index (χ0v) is 22.2. The van der Waals surface area contributed by atoms with Gasteiger partial charge >= 0.3 is 0 Å². The number of fused-ring (bicyclic) bond motifs is 2. The van der Waals surface area contributed by atoms with Gasteiger partial charge in [-0.2, -0.15) is 10.2 Å². The lowest BCUT2D eigenvalue weighted by Gasteiger charge is -2.27. The molecule has 6 rings (SSSR count). The van der Waals surface area contributed by atoms with Gasteiger partial charge in [-0.15, -0.1) is 11.3 Å². The van der Waals surface area contributed by atoms with E-state index in [0.29, 0.717) is 6.42 Å². The van der Waals surface area contributed by atoms with E-state index in [1.54, 1.807) is 16.2 Å². The van der Waals surface area contributed by atoms with Crippen molar-refractivity contribution in [1.82, 2.24) is 25.4 Å². The monoisotopic (exact) mass is 516 g/mol. The summed E-state index contributed by atoms with van der Waals surface area (Å²) in [5, 5.41) is 26.4. The number of aromatic amines is 3. The highest BCUT2D eigenvalue weighted by Crippen LogP contribution is 2.39. The molecule has 5 aromatic rings. The summed E-state index contributed by atoms with van der Waals surface area (Å²) in [5.41, 5.74) is 5.67. The van der Waals surface area contributed by atoms with Gasteiger partial charge in [-0.25, -0.2) is 0 Å². The summed E-state index contributed by atoms with van der Waals surface area (Å²) in [7, 11) is 1.87. The van der Waals surface area contributed by atoms with Gasteiger partial charge in [0.2, 0.25) is 5.91 Å². The number of carbonyl (C=O) groups is 1. The van der Waals surface area contributed by atoms with Crippen molar-refractivity contribution in [1.29, 1.82) is 0 Å². The van der Waals surface area contributed by atoms with Crippen molar-refractivity contribution >= 4 is 44.1 Å². The van der Waals surface area contributed by atoms with Crippen LogP contribution in [0.5, 0.6) is 0 Å². The predicted octanol–water partition coefficient (Wildman–Crippen LogP) is 6.02. The molecule has 0 saturated heterocycles. The SMILES string of the molecule is CN(C(=O)C1CCCCC1)c1cc(CC(C)(C)O)c2cc(-c3n[nH]c4cc(-c5cn[nH]c5)sc34)[nH]c2c1. The number of benzene rings is 1. The normalized spacial score (nSPS) is 15.1. The molecule has 9 heteroatoms. The second kappa shape index (κ2) is 9.15. The van der Waals surface area contributed by atoms with Crippen molar-refractivity contribution in [2.24, 2.45) is 5.92 Å². The maximum Gasteiger partial charge on any atom is 0.229 e. The summed E-state index contributed by atoms with van der Waals surface area (Å²) in [6.07, 6.45) is 9.56. The zero-order valence-electron chi connectivity index (χ0n) is 21.4. The molecule has 1 aromatic carbocycles. The van der Waals surface area contributed by atoms with Gasteiger partial charge < -0.3 is 15.0 Å². The lowest BCUT2D eigenvalue weighted by Crippen LogP contribution is -2.34. The molecule has 4 heterocycles. The molecule has 192 valence electrons. The molecule has 0 aliphatic heterocycles. The van der Waals surface area contributed by atoms with Gasteiger partial charge in [-0.05, 0) is 56.5 Å². The zero-order chi connectivity index (χ0) is 25.7. The average Bonchev–Trinajstić information content (AvgIpc) is 3.65. The van der Waals surface area contributed by atoms with Gasteiger partial charge in [0.15, 0.2) is 0 Å². The molecule has 37 heavy (non-hydrogen) atoms. The van der Waals surface area contributed by atoms with E-state index in [1.165, 1.54) is 6.42 Å². The molecule has 1 aliphatic rings. The summed E-state index contributed by atoms with van der Waals surface area (Å²) in [5.74, 6) is 0.270. The second-order valence-electron chi connectivity index (χ2n) is 10.9. The molecule has 1 amide bonds. The number of thiophene rings is 1. The molecule has 0 atom stereocenters. The number of amides is 1. The number of nitrogens with zero attached hydrogens (tertiary/aromatic N) is 3. The quantitative estimate of drug-likeness (QED) is 0.221. The Balaban J connectivity index is 1.42. The number of hydrogen-bond donors (Lipinski definition) is 4. The molecule has 0 bridgehead atoms. The van der Waals surface area contributed by atoms with Crippen LogP contribution in [-0.2, 0) is 11.2 Å². The van der Waals surface area contributed by atoms with E-state index in [0.717, 1.165) is 79.9 Å². The molecule has 4 N–H and O–H groups in total. The first kappa shape index (κ1) is 23.9. The molecule has 1 fully saturated rings. The highest BCUT2D eigenvalue weighted by atomic mass is 32.1. The predicted molar refractivity (Wildman–Crippen MR) is 149 cm³/mol. The molecular formula is C28H32N6O2S. The van der Waals surface area contributed by atoms with Crippen LogP contribution >= 0.6 is 11.3 Å². The first-order valence-corrected chi connectivity index (χ1v) is 13.7. The van der Waals surface area contributed by atoms with E-state index >= 15 is 0 Å². The Bertz CT molecular complexity index is 1560. The molecular weight excluding hydrogens is 484 g/mol. The number of carbonyl (C=O) groups excluding carboxylic acids is 1. The molecule has 1 aliphatic carbocycles. The highest BCUT2D eigenvalue weighted by molar-refractivity contribution is 7.22. The van der Waals surface area contributed by atoms with Crippen molar-refractivity contribution in [2.75, 3.05) is 11.9 Å². The van der Waals surface area contributed by atoms with Gasteiger partial charge in [0, 0.05) is 52.6 Å². The molecule has 0 radical (unpaired) electrons. The number of aromatic nitrogens is 5. The molecule has 0 spiro atoms. The number of aliphatic hydroxyl groups is 1. The van der Waals surface area contributed by atoms with Crippen LogP contribution in [-0.4, -0.2) is 49.0 Å². The van der Waals surface area contributed by atoms with Crippen molar-refractivity contribution in [2.45, 2.75) is 58.0 Å². The molecule has 0 unspecified atom stereocenters. The Hall–Kier alpha value is -3.43. The number of nitrogens with one attached hydrogen (secondary N) is 3. The third kappa shape index (κ3) is 4.57. The Morgan fingerprint density at radius 2 is 1.97 bits per heavy atom. The van der Waals surface area contributed by atoms with Crippen molar-refractivity contribution in [3.63, 3.8) is 0 Å². The van der Waals surface area contributed by atoms with Gasteiger partial charge in [0.25, 0.3) is 0 Å². The minimum absolute atomic E-state index is 0.0898. The standard InChI is InChI=1S/C28H32N6O2S/c1-28(2,36)13-17-9-19(34(3)27(35)16-7-5-4-6-8-16)10-21-20(17)11-22(31-21)25-26-23(32-33-25)12-24(37-26)18-14-29-30-15-18/h9-12,14-16,31,36H,4-8,13H2,1-3H3,(H,29,30)(H,32,33). The third-order valence-electron chi connectivity index (χ3n) is 7.38. The van der Waals surface area contributed by atoms with Crippen molar-refractivity contribution in [3.05, 3.63) is 42.2 Å². The van der Waals surface area contributed by atoms with Crippen LogP contribution in [0, 0.1) is 5.92 Å². The molecule has 1 saturated carbocycles. The average molecular weight is 517 g/mol. The first-order valence-electron chi connectivity index (χ1n) is 12.9. The minimum atomic E-state index is -0.887. The lowest BCUT2D eigenvalue weighted by molar-refractivity contribution is -0.123. The minimum Gasteiger partial charge on any atom is -0.390 e. The first-order chi connectivity index (χ1) is 17.8. The van der Waals surface area contributed by atoms with Crippen LogP contribution in [0.3, 0.4) is 0 Å². The fraction of sp³-hybridized carbons (Fsp3) is 0.393. The van der Waals surface area contributed by atoms with Crippen LogP contribution in [0.4, 0.5) is 5.69 Å². The lowest BCUT2D eigenvalue weighted by atomic mass is 9.88. The second-order valence-corrected chi connectivity index (χ2v) is 11.9. The van der Waals surface area contributed by atoms with E-state index in [9.17, 15) is 9.90 Å². The Morgan fingerprint density at radius 1 is 1.16 bits per heavy atom. The molecule has 8 nitrogen and oxygen atoms in total. The third-order valence-corrected chi connectivity index (χ3v) is 8.57. The Kier molecular flexibility index (Phi) is 5.92. The van der Waals surface area contributed by atoms with E-state index in [2.05, 4.69) is 43.6 Å². The van der Waals surface area contributed by atoms with E-state index < -0.39 is 5.60 Å².